The van der Waals surface area contributed by atoms with Crippen LogP contribution in [0.1, 0.15) is 6.42 Å². The standard InChI is InChI=1S/C12H13ClN2O3/c1-18-8-2-3-9-10(6-8)15(12(17)7-13)5-4-11(16)14-9/h2-3,6H,4-5,7H2,1H3,(H,14,16). The van der Waals surface area contributed by atoms with E-state index in [0.29, 0.717) is 23.7 Å². The smallest absolute Gasteiger partial charge is 0.241 e. The molecule has 0 saturated carbocycles. The Morgan fingerprint density at radius 1 is 1.56 bits per heavy atom. The van der Waals surface area contributed by atoms with E-state index in [9.17, 15) is 9.59 Å². The molecule has 96 valence electrons. The van der Waals surface area contributed by atoms with E-state index in [-0.39, 0.29) is 24.1 Å². The quantitative estimate of drug-likeness (QED) is 0.829. The van der Waals surface area contributed by atoms with Crippen LogP contribution >= 0.6 is 11.6 Å². The number of fused-ring (bicyclic) bond motifs is 1. The van der Waals surface area contributed by atoms with E-state index < -0.39 is 0 Å². The summed E-state index contributed by atoms with van der Waals surface area (Å²) < 4.78 is 5.13. The lowest BCUT2D eigenvalue weighted by atomic mass is 10.2. The number of anilines is 2. The number of nitrogens with zero attached hydrogens (tertiary/aromatic N) is 1. The molecule has 6 heteroatoms. The van der Waals surface area contributed by atoms with Crippen LogP contribution in [0.4, 0.5) is 11.4 Å². The molecule has 1 aromatic rings. The lowest BCUT2D eigenvalue weighted by molar-refractivity contribution is -0.116. The Morgan fingerprint density at radius 3 is 3.00 bits per heavy atom. The van der Waals surface area contributed by atoms with Crippen LogP contribution in [0.15, 0.2) is 18.2 Å². The van der Waals surface area contributed by atoms with Crippen LogP contribution in [-0.2, 0) is 9.59 Å². The van der Waals surface area contributed by atoms with Crippen LogP contribution < -0.4 is 15.0 Å². The zero-order valence-electron chi connectivity index (χ0n) is 9.90. The summed E-state index contributed by atoms with van der Waals surface area (Å²) in [6.07, 6.45) is 0.250. The molecule has 1 heterocycles. The molecule has 1 aliphatic rings. The Morgan fingerprint density at radius 2 is 2.33 bits per heavy atom. The first-order valence-corrected chi connectivity index (χ1v) is 6.03. The van der Waals surface area contributed by atoms with Crippen molar-refractivity contribution in [2.24, 2.45) is 0 Å². The van der Waals surface area contributed by atoms with Gasteiger partial charge in [0.25, 0.3) is 0 Å². The lowest BCUT2D eigenvalue weighted by Crippen LogP contribution is -2.32. The average Bonchev–Trinajstić information content (AvgIpc) is 2.55. The summed E-state index contributed by atoms with van der Waals surface area (Å²) >= 11 is 5.59. The molecule has 1 aromatic carbocycles. The highest BCUT2D eigenvalue weighted by Gasteiger charge is 2.23. The summed E-state index contributed by atoms with van der Waals surface area (Å²) in [6, 6.07) is 5.16. The van der Waals surface area contributed by atoms with Crippen molar-refractivity contribution in [1.82, 2.24) is 0 Å². The Hall–Kier alpha value is -1.75. The number of ether oxygens (including phenoxy) is 1. The van der Waals surface area contributed by atoms with Crippen molar-refractivity contribution >= 4 is 34.8 Å². The number of benzene rings is 1. The molecule has 5 nitrogen and oxygen atoms in total. The predicted octanol–water partition coefficient (Wildman–Crippen LogP) is 1.61. The molecular formula is C12H13ClN2O3. The highest BCUT2D eigenvalue weighted by molar-refractivity contribution is 6.29. The van der Waals surface area contributed by atoms with Gasteiger partial charge in [0.05, 0.1) is 18.5 Å². The summed E-state index contributed by atoms with van der Waals surface area (Å²) in [4.78, 5) is 24.8. The molecule has 0 aromatic heterocycles. The minimum Gasteiger partial charge on any atom is -0.497 e. The van der Waals surface area contributed by atoms with Crippen molar-refractivity contribution in [2.45, 2.75) is 6.42 Å². The highest BCUT2D eigenvalue weighted by Crippen LogP contribution is 2.32. The van der Waals surface area contributed by atoms with Gasteiger partial charge >= 0.3 is 0 Å². The van der Waals surface area contributed by atoms with Gasteiger partial charge in [-0.2, -0.15) is 0 Å². The number of carbonyl (C=O) groups is 2. The van der Waals surface area contributed by atoms with E-state index in [0.717, 1.165) is 0 Å². The monoisotopic (exact) mass is 268 g/mol. The fourth-order valence-electron chi connectivity index (χ4n) is 1.85. The summed E-state index contributed by atoms with van der Waals surface area (Å²) in [5.41, 5.74) is 1.21. The number of methoxy groups -OCH3 is 1. The second-order valence-corrected chi connectivity index (χ2v) is 4.13. The molecule has 0 aliphatic carbocycles. The second kappa shape index (κ2) is 5.27. The van der Waals surface area contributed by atoms with Gasteiger partial charge in [-0.1, -0.05) is 0 Å². The van der Waals surface area contributed by atoms with Crippen LogP contribution in [0.3, 0.4) is 0 Å². The van der Waals surface area contributed by atoms with Gasteiger partial charge in [0.1, 0.15) is 11.6 Å². The van der Waals surface area contributed by atoms with Crippen molar-refractivity contribution in [3.8, 4) is 5.75 Å². The molecule has 2 rings (SSSR count). The summed E-state index contributed by atoms with van der Waals surface area (Å²) in [5, 5.41) is 2.75. The van der Waals surface area contributed by atoms with Gasteiger partial charge in [0.2, 0.25) is 11.8 Å². The van der Waals surface area contributed by atoms with Gasteiger partial charge in [0, 0.05) is 19.0 Å². The normalized spacial score (nSPS) is 14.6. The fourth-order valence-corrected chi connectivity index (χ4v) is 1.99. The molecule has 0 atom stereocenters. The van der Waals surface area contributed by atoms with Gasteiger partial charge in [-0.15, -0.1) is 11.6 Å². The maximum atomic E-state index is 11.8. The van der Waals surface area contributed by atoms with Crippen molar-refractivity contribution in [2.75, 3.05) is 29.8 Å². The zero-order valence-corrected chi connectivity index (χ0v) is 10.7. The maximum absolute atomic E-state index is 11.8. The first-order valence-electron chi connectivity index (χ1n) is 5.50. The van der Waals surface area contributed by atoms with E-state index in [1.165, 1.54) is 4.90 Å². The first kappa shape index (κ1) is 12.7. The minimum absolute atomic E-state index is 0.119. The van der Waals surface area contributed by atoms with Crippen molar-refractivity contribution in [3.05, 3.63) is 18.2 Å². The Labute approximate surface area is 110 Å². The van der Waals surface area contributed by atoms with Crippen molar-refractivity contribution < 1.29 is 14.3 Å². The van der Waals surface area contributed by atoms with Gasteiger partial charge in [0.15, 0.2) is 0 Å². The molecular weight excluding hydrogens is 256 g/mol. The van der Waals surface area contributed by atoms with E-state index in [2.05, 4.69) is 5.32 Å². The number of hydrogen-bond donors (Lipinski definition) is 1. The van der Waals surface area contributed by atoms with Crippen LogP contribution in [0, 0.1) is 0 Å². The van der Waals surface area contributed by atoms with Gasteiger partial charge in [-0.05, 0) is 12.1 Å². The van der Waals surface area contributed by atoms with Gasteiger partial charge in [-0.25, -0.2) is 0 Å². The van der Waals surface area contributed by atoms with Crippen LogP contribution in [0.2, 0.25) is 0 Å². The number of nitrogens with one attached hydrogen (secondary N) is 1. The third-order valence-corrected chi connectivity index (χ3v) is 2.98. The molecule has 18 heavy (non-hydrogen) atoms. The molecule has 2 amide bonds. The van der Waals surface area contributed by atoms with Gasteiger partial charge in [-0.3, -0.25) is 9.59 Å². The number of hydrogen-bond acceptors (Lipinski definition) is 3. The van der Waals surface area contributed by atoms with Crippen LogP contribution in [0.5, 0.6) is 5.75 Å². The average molecular weight is 269 g/mol. The summed E-state index contributed by atoms with van der Waals surface area (Å²) in [6.45, 7) is 0.317. The molecule has 1 aliphatic heterocycles. The topological polar surface area (TPSA) is 58.6 Å². The maximum Gasteiger partial charge on any atom is 0.241 e. The lowest BCUT2D eigenvalue weighted by Gasteiger charge is -2.21. The van der Waals surface area contributed by atoms with E-state index >= 15 is 0 Å². The Balaban J connectivity index is 2.47. The fraction of sp³-hybridized carbons (Fsp3) is 0.333. The third kappa shape index (κ3) is 2.41. The van der Waals surface area contributed by atoms with E-state index in [1.54, 1.807) is 25.3 Å². The van der Waals surface area contributed by atoms with Gasteiger partial charge < -0.3 is 15.0 Å². The molecule has 0 unspecified atom stereocenters. The molecule has 0 fully saturated rings. The first-order chi connectivity index (χ1) is 8.65. The molecule has 0 bridgehead atoms. The number of halogens is 1. The molecule has 1 N–H and O–H groups in total. The summed E-state index contributed by atoms with van der Waals surface area (Å²) in [7, 11) is 1.55. The second-order valence-electron chi connectivity index (χ2n) is 3.86. The van der Waals surface area contributed by atoms with E-state index in [4.69, 9.17) is 16.3 Å². The number of amides is 2. The highest BCUT2D eigenvalue weighted by atomic mass is 35.5. The Kier molecular flexibility index (Phi) is 3.72. The number of rotatable bonds is 2. The van der Waals surface area contributed by atoms with Crippen molar-refractivity contribution in [1.29, 1.82) is 0 Å². The Bertz CT molecular complexity index is 490. The molecule has 0 radical (unpaired) electrons. The number of alkyl halides is 1. The minimum atomic E-state index is -0.234. The molecule has 0 spiro atoms. The SMILES string of the molecule is COc1ccc2c(c1)N(C(=O)CCl)CCC(=O)N2. The van der Waals surface area contributed by atoms with Crippen LogP contribution in [0.25, 0.3) is 0 Å². The van der Waals surface area contributed by atoms with Crippen molar-refractivity contribution in [3.63, 3.8) is 0 Å². The third-order valence-electron chi connectivity index (χ3n) is 2.75. The largest absolute Gasteiger partial charge is 0.497 e. The van der Waals surface area contributed by atoms with Crippen LogP contribution in [-0.4, -0.2) is 31.3 Å². The molecule has 0 saturated heterocycles. The zero-order chi connectivity index (χ0) is 13.1. The van der Waals surface area contributed by atoms with E-state index in [1.807, 2.05) is 0 Å². The predicted molar refractivity (Wildman–Crippen MR) is 69.3 cm³/mol. The number of carbonyl (C=O) groups excluding carboxylic acids is 2. The summed E-state index contributed by atoms with van der Waals surface area (Å²) in [5.74, 6) is 0.149.